The van der Waals surface area contributed by atoms with Crippen molar-refractivity contribution >= 4 is 34.9 Å². The molecule has 0 aliphatic carbocycles. The third-order valence-electron chi connectivity index (χ3n) is 4.76. The average molecular weight is 394 g/mol. The Hall–Kier alpha value is -3.48. The summed E-state index contributed by atoms with van der Waals surface area (Å²) in [6.45, 7) is 3.11. The summed E-state index contributed by atoms with van der Waals surface area (Å²) in [6.07, 6.45) is 0.0510. The smallest absolute Gasteiger partial charge is 0.311 e. The Morgan fingerprint density at radius 1 is 1.14 bits per heavy atom. The number of hydrogen-bond donors (Lipinski definition) is 1. The molecule has 7 heteroatoms. The van der Waals surface area contributed by atoms with E-state index in [1.807, 2.05) is 31.2 Å². The molecule has 1 atom stereocenters. The summed E-state index contributed by atoms with van der Waals surface area (Å²) in [7, 11) is 0. The lowest BCUT2D eigenvalue weighted by atomic mass is 10.1. The molecule has 1 N–H and O–H groups in total. The van der Waals surface area contributed by atoms with E-state index in [0.29, 0.717) is 11.3 Å². The molecule has 2 aromatic rings. The minimum Gasteiger partial charge on any atom is -0.455 e. The van der Waals surface area contributed by atoms with Gasteiger partial charge in [0.1, 0.15) is 0 Å². The molecule has 1 aliphatic rings. The molecule has 3 rings (SSSR count). The molecule has 150 valence electrons. The lowest BCUT2D eigenvalue weighted by molar-refractivity contribution is -0.151. The molecule has 1 fully saturated rings. The van der Waals surface area contributed by atoms with Gasteiger partial charge in [0.2, 0.25) is 5.91 Å². The number of Topliss-reactive ketones (excluding diaryl/α,β-unsaturated/α-hetero) is 1. The highest BCUT2D eigenvalue weighted by Gasteiger charge is 2.36. The first kappa shape index (κ1) is 20.3. The number of rotatable bonds is 6. The summed E-state index contributed by atoms with van der Waals surface area (Å²) in [5.74, 6) is -1.97. The van der Waals surface area contributed by atoms with Crippen molar-refractivity contribution in [1.29, 1.82) is 0 Å². The van der Waals surface area contributed by atoms with Gasteiger partial charge in [-0.2, -0.15) is 0 Å². The quantitative estimate of drug-likeness (QED) is 0.601. The topological polar surface area (TPSA) is 92.8 Å². The van der Waals surface area contributed by atoms with E-state index in [1.165, 1.54) is 6.92 Å². The van der Waals surface area contributed by atoms with Gasteiger partial charge >= 0.3 is 5.97 Å². The zero-order valence-corrected chi connectivity index (χ0v) is 16.3. The summed E-state index contributed by atoms with van der Waals surface area (Å²) in [5.41, 5.74) is 2.64. The molecule has 0 bridgehead atoms. The van der Waals surface area contributed by atoms with Gasteiger partial charge in [-0.1, -0.05) is 30.3 Å². The highest BCUT2D eigenvalue weighted by Crippen LogP contribution is 2.28. The van der Waals surface area contributed by atoms with Gasteiger partial charge in [0.05, 0.1) is 5.92 Å². The fourth-order valence-electron chi connectivity index (χ4n) is 3.23. The van der Waals surface area contributed by atoms with Crippen molar-refractivity contribution in [2.45, 2.75) is 20.3 Å². The maximum Gasteiger partial charge on any atom is 0.311 e. The third kappa shape index (κ3) is 4.87. The van der Waals surface area contributed by atoms with Crippen LogP contribution in [0.1, 0.15) is 29.3 Å². The van der Waals surface area contributed by atoms with E-state index >= 15 is 0 Å². The van der Waals surface area contributed by atoms with E-state index in [-0.39, 0.29) is 24.7 Å². The molecular formula is C22H22N2O5. The SMILES string of the molecule is CC(=O)c1cccc(NC(=O)COC(=O)[C@@H]2CC(=O)N(c3ccccc3C)C2)c1. The van der Waals surface area contributed by atoms with Gasteiger partial charge in [-0.15, -0.1) is 0 Å². The van der Waals surface area contributed by atoms with Crippen LogP contribution in [-0.4, -0.2) is 36.7 Å². The molecule has 0 spiro atoms. The van der Waals surface area contributed by atoms with Crippen molar-refractivity contribution in [3.63, 3.8) is 0 Å². The molecule has 0 unspecified atom stereocenters. The summed E-state index contributed by atoms with van der Waals surface area (Å²) in [5, 5.41) is 2.59. The van der Waals surface area contributed by atoms with Crippen LogP contribution >= 0.6 is 0 Å². The van der Waals surface area contributed by atoms with Crippen molar-refractivity contribution in [1.82, 2.24) is 0 Å². The maximum absolute atomic E-state index is 12.3. The molecule has 2 aromatic carbocycles. The van der Waals surface area contributed by atoms with E-state index in [1.54, 1.807) is 29.2 Å². The number of para-hydroxylation sites is 1. The van der Waals surface area contributed by atoms with E-state index in [2.05, 4.69) is 5.32 Å². The van der Waals surface area contributed by atoms with Crippen LogP contribution in [0.5, 0.6) is 0 Å². The van der Waals surface area contributed by atoms with Crippen molar-refractivity contribution in [2.75, 3.05) is 23.4 Å². The minimum absolute atomic E-state index is 0.0510. The monoisotopic (exact) mass is 394 g/mol. The van der Waals surface area contributed by atoms with Crippen LogP contribution in [0.2, 0.25) is 0 Å². The number of ketones is 1. The van der Waals surface area contributed by atoms with Crippen molar-refractivity contribution in [2.24, 2.45) is 5.92 Å². The van der Waals surface area contributed by atoms with E-state index in [4.69, 9.17) is 4.74 Å². The lowest BCUT2D eigenvalue weighted by Gasteiger charge is -2.18. The van der Waals surface area contributed by atoms with Gasteiger partial charge in [-0.25, -0.2) is 0 Å². The number of carbonyl (C=O) groups excluding carboxylic acids is 4. The predicted molar refractivity (Wildman–Crippen MR) is 108 cm³/mol. The van der Waals surface area contributed by atoms with Crippen LogP contribution in [0.25, 0.3) is 0 Å². The molecular weight excluding hydrogens is 372 g/mol. The fraction of sp³-hybridized carbons (Fsp3) is 0.273. The standard InChI is InChI=1S/C22H22N2O5/c1-14-6-3-4-9-19(14)24-12-17(11-21(24)27)22(28)29-13-20(26)23-18-8-5-7-16(10-18)15(2)25/h3-10,17H,11-13H2,1-2H3,(H,23,26)/t17-/m1/s1. The second kappa shape index (κ2) is 8.68. The number of aryl methyl sites for hydroxylation is 1. The van der Waals surface area contributed by atoms with Crippen LogP contribution < -0.4 is 10.2 Å². The van der Waals surface area contributed by atoms with Gasteiger partial charge in [-0.05, 0) is 37.6 Å². The molecule has 1 heterocycles. The predicted octanol–water partition coefficient (Wildman–Crippen LogP) is 2.73. The zero-order valence-electron chi connectivity index (χ0n) is 16.3. The molecule has 1 saturated heterocycles. The Kier molecular flexibility index (Phi) is 6.07. The molecule has 29 heavy (non-hydrogen) atoms. The molecule has 7 nitrogen and oxygen atoms in total. The Labute approximate surface area is 168 Å². The van der Waals surface area contributed by atoms with Crippen molar-refractivity contribution in [3.05, 3.63) is 59.7 Å². The van der Waals surface area contributed by atoms with Crippen molar-refractivity contribution < 1.29 is 23.9 Å². The first-order chi connectivity index (χ1) is 13.8. The Morgan fingerprint density at radius 3 is 2.62 bits per heavy atom. The number of nitrogens with one attached hydrogen (secondary N) is 1. The average Bonchev–Trinajstić information content (AvgIpc) is 3.08. The highest BCUT2D eigenvalue weighted by molar-refractivity contribution is 6.01. The van der Waals surface area contributed by atoms with E-state index in [0.717, 1.165) is 11.3 Å². The van der Waals surface area contributed by atoms with Crippen LogP contribution in [0.3, 0.4) is 0 Å². The number of benzene rings is 2. The summed E-state index contributed by atoms with van der Waals surface area (Å²) in [6, 6.07) is 14.0. The van der Waals surface area contributed by atoms with Crippen LogP contribution in [0, 0.1) is 12.8 Å². The summed E-state index contributed by atoms with van der Waals surface area (Å²) < 4.78 is 5.10. The molecule has 0 aromatic heterocycles. The number of hydrogen-bond acceptors (Lipinski definition) is 5. The number of esters is 1. The normalized spacial score (nSPS) is 15.9. The molecule has 2 amide bonds. The van der Waals surface area contributed by atoms with Crippen LogP contribution in [-0.2, 0) is 19.1 Å². The van der Waals surface area contributed by atoms with E-state index < -0.39 is 24.4 Å². The van der Waals surface area contributed by atoms with Gasteiger partial charge in [0.25, 0.3) is 5.91 Å². The minimum atomic E-state index is -0.615. The Bertz CT molecular complexity index is 969. The van der Waals surface area contributed by atoms with Gasteiger partial charge in [-0.3, -0.25) is 19.2 Å². The number of amides is 2. The number of ether oxygens (including phenoxy) is 1. The zero-order chi connectivity index (χ0) is 21.0. The maximum atomic E-state index is 12.3. The third-order valence-corrected chi connectivity index (χ3v) is 4.76. The molecule has 0 radical (unpaired) electrons. The molecule has 0 saturated carbocycles. The van der Waals surface area contributed by atoms with Crippen LogP contribution in [0.4, 0.5) is 11.4 Å². The number of anilines is 2. The second-order valence-corrected chi connectivity index (χ2v) is 6.98. The Morgan fingerprint density at radius 2 is 1.90 bits per heavy atom. The summed E-state index contributed by atoms with van der Waals surface area (Å²) >= 11 is 0. The van der Waals surface area contributed by atoms with Gasteiger partial charge in [0, 0.05) is 29.9 Å². The molecule has 1 aliphatic heterocycles. The van der Waals surface area contributed by atoms with Crippen LogP contribution in [0.15, 0.2) is 48.5 Å². The largest absolute Gasteiger partial charge is 0.455 e. The Balaban J connectivity index is 1.54. The first-order valence-electron chi connectivity index (χ1n) is 9.28. The number of carbonyl (C=O) groups is 4. The van der Waals surface area contributed by atoms with Gasteiger partial charge < -0.3 is 15.0 Å². The fourth-order valence-corrected chi connectivity index (χ4v) is 3.23. The number of nitrogens with zero attached hydrogens (tertiary/aromatic N) is 1. The summed E-state index contributed by atoms with van der Waals surface area (Å²) in [4.78, 5) is 49.7. The lowest BCUT2D eigenvalue weighted by Crippen LogP contribution is -2.28. The highest BCUT2D eigenvalue weighted by atomic mass is 16.5. The second-order valence-electron chi connectivity index (χ2n) is 6.98. The van der Waals surface area contributed by atoms with Gasteiger partial charge in [0.15, 0.2) is 12.4 Å². The van der Waals surface area contributed by atoms with Crippen molar-refractivity contribution in [3.8, 4) is 0 Å². The first-order valence-corrected chi connectivity index (χ1v) is 9.28. The van der Waals surface area contributed by atoms with E-state index in [9.17, 15) is 19.2 Å².